The van der Waals surface area contributed by atoms with E-state index >= 15 is 0 Å². The second-order valence-corrected chi connectivity index (χ2v) is 9.60. The largest absolute Gasteiger partial charge is 0.475 e. The number of carbonyl (C=O) groups is 2. The van der Waals surface area contributed by atoms with Crippen molar-refractivity contribution < 1.29 is 66.3 Å². The zero-order valence-electron chi connectivity index (χ0n) is 18.0. The maximum Gasteiger partial charge on any atom is 0.430 e. The van der Waals surface area contributed by atoms with E-state index < -0.39 is 93.1 Å². The molecule has 0 saturated heterocycles. The Kier molecular flexibility index (Phi) is 7.46. The first-order valence-electron chi connectivity index (χ1n) is 9.69. The molecule has 1 atom stereocenters. The Hall–Kier alpha value is -3.31. The van der Waals surface area contributed by atoms with E-state index in [1.54, 1.807) is 0 Å². The van der Waals surface area contributed by atoms with Gasteiger partial charge >= 0.3 is 28.3 Å². The third kappa shape index (κ3) is 7.59. The average Bonchev–Trinajstić information content (AvgIpc) is 2.72. The highest BCUT2D eigenvalue weighted by molar-refractivity contribution is 8.45. The summed E-state index contributed by atoms with van der Waals surface area (Å²) in [4.78, 5) is 35.2. The lowest BCUT2D eigenvalue weighted by atomic mass is 9.98. The molecule has 0 radical (unpaired) electrons. The Morgan fingerprint density at radius 2 is 1.78 bits per heavy atom. The summed E-state index contributed by atoms with van der Waals surface area (Å²) in [6.45, 7) is -0.504. The molecule has 1 aliphatic heterocycles. The average molecular weight is 559 g/mol. The van der Waals surface area contributed by atoms with Crippen LogP contribution in [0.25, 0.3) is 6.08 Å². The molecule has 0 bridgehead atoms. The lowest BCUT2D eigenvalue weighted by Gasteiger charge is -2.41. The summed E-state index contributed by atoms with van der Waals surface area (Å²) >= 11 is 0. The van der Waals surface area contributed by atoms with Gasteiger partial charge < -0.3 is 19.0 Å². The van der Waals surface area contributed by atoms with Crippen molar-refractivity contribution in [3.05, 3.63) is 38.9 Å². The zero-order valence-corrected chi connectivity index (χ0v) is 18.8. The lowest BCUT2D eigenvalue weighted by molar-refractivity contribution is -0.757. The van der Waals surface area contributed by atoms with Gasteiger partial charge in [-0.3, -0.25) is 4.79 Å². The Bertz CT molecular complexity index is 1090. The minimum absolute atomic E-state index is 0.0128. The molecule has 1 unspecified atom stereocenters. The summed E-state index contributed by atoms with van der Waals surface area (Å²) in [6.07, 6.45) is -9.07. The predicted octanol–water partition coefficient (Wildman–Crippen LogP) is 5.65. The molecule has 1 aliphatic rings. The molecule has 0 spiro atoms. The first kappa shape index (κ1) is 28.9. The van der Waals surface area contributed by atoms with E-state index in [9.17, 15) is 52.3 Å². The molecule has 0 amide bonds. The van der Waals surface area contributed by atoms with E-state index in [0.29, 0.717) is 0 Å². The molecule has 0 N–H and O–H groups in total. The van der Waals surface area contributed by atoms with Crippen molar-refractivity contribution in [1.82, 2.24) is 0 Å². The van der Waals surface area contributed by atoms with Crippen LogP contribution in [-0.4, -0.2) is 42.7 Å². The Balaban J connectivity index is 2.28. The van der Waals surface area contributed by atoms with E-state index in [1.807, 2.05) is 0 Å². The van der Waals surface area contributed by atoms with Crippen LogP contribution < -0.4 is 4.74 Å². The Morgan fingerprint density at radius 1 is 1.14 bits per heavy atom. The number of fused-ring (bicyclic) bond motifs is 1. The number of benzene rings is 1. The monoisotopic (exact) mass is 559 g/mol. The van der Waals surface area contributed by atoms with Crippen LogP contribution >= 0.6 is 10.2 Å². The molecule has 2 rings (SSSR count). The summed E-state index contributed by atoms with van der Waals surface area (Å²) in [5.74, 6) is -3.66. The second kappa shape index (κ2) is 9.29. The fourth-order valence-electron chi connectivity index (χ4n) is 2.91. The number of hydrogen-bond donors (Lipinski definition) is 0. The van der Waals surface area contributed by atoms with Crippen LogP contribution in [0.3, 0.4) is 0 Å². The van der Waals surface area contributed by atoms with Crippen molar-refractivity contribution in [2.45, 2.75) is 43.4 Å². The van der Waals surface area contributed by atoms with Gasteiger partial charge in [-0.05, 0) is 36.6 Å². The highest BCUT2D eigenvalue weighted by Gasteiger charge is 2.66. The summed E-state index contributed by atoms with van der Waals surface area (Å²) in [5, 5.41) is 8.85. The number of nitrogens with zero attached hydrogens (tertiary/aromatic N) is 1. The highest BCUT2D eigenvalue weighted by atomic mass is 32.5. The maximum absolute atomic E-state index is 13.5. The minimum Gasteiger partial charge on any atom is -0.475 e. The van der Waals surface area contributed by atoms with Crippen molar-refractivity contribution in [3.8, 4) is 5.75 Å². The number of esters is 2. The third-order valence-corrected chi connectivity index (χ3v) is 5.62. The first-order chi connectivity index (χ1) is 16.2. The predicted molar refractivity (Wildman–Crippen MR) is 105 cm³/mol. The van der Waals surface area contributed by atoms with E-state index in [0.717, 1.165) is 0 Å². The smallest absolute Gasteiger partial charge is 0.430 e. The molecular formula is C18H17F8NO8S. The van der Waals surface area contributed by atoms with Gasteiger partial charge in [-0.1, -0.05) is 26.4 Å². The highest BCUT2D eigenvalue weighted by Crippen LogP contribution is 3.02. The molecule has 1 heterocycles. The van der Waals surface area contributed by atoms with Crippen molar-refractivity contribution in [3.63, 3.8) is 0 Å². The number of ether oxygens (including phenoxy) is 3. The Labute approximate surface area is 196 Å². The number of hydrogen-bond acceptors (Lipinski definition) is 8. The minimum atomic E-state index is -10.2. The van der Waals surface area contributed by atoms with Crippen LogP contribution in [0.1, 0.15) is 30.9 Å². The molecule has 0 saturated carbocycles. The Morgan fingerprint density at radius 3 is 2.31 bits per heavy atom. The normalized spacial score (nSPS) is 17.5. The fraction of sp³-hybridized carbons (Fsp3) is 0.444. The quantitative estimate of drug-likeness (QED) is 0.0903. The number of alkyl halides is 3. The van der Waals surface area contributed by atoms with Gasteiger partial charge in [-0.2, -0.15) is 13.2 Å². The number of halogens is 8. The van der Waals surface area contributed by atoms with Crippen LogP contribution in [0.4, 0.5) is 32.6 Å². The summed E-state index contributed by atoms with van der Waals surface area (Å²) in [7, 11) is -10.2. The van der Waals surface area contributed by atoms with Gasteiger partial charge in [-0.25, -0.2) is 4.79 Å². The van der Waals surface area contributed by atoms with Crippen LogP contribution in [0.5, 0.6) is 5.75 Å². The molecule has 36 heavy (non-hydrogen) atoms. The molecule has 0 aromatic heterocycles. The van der Waals surface area contributed by atoms with Crippen molar-refractivity contribution in [2.24, 2.45) is 0 Å². The first-order valence-corrected chi connectivity index (χ1v) is 11.6. The molecule has 0 aliphatic carbocycles. The number of aryl methyl sites for hydroxylation is 1. The van der Waals surface area contributed by atoms with Crippen LogP contribution in [0.15, 0.2) is 22.6 Å². The van der Waals surface area contributed by atoms with Gasteiger partial charge in [-0.15, -0.1) is 10.1 Å². The third-order valence-electron chi connectivity index (χ3n) is 4.49. The lowest BCUT2D eigenvalue weighted by Crippen LogP contribution is -2.41. The van der Waals surface area contributed by atoms with Gasteiger partial charge in [0.25, 0.3) is 5.09 Å². The van der Waals surface area contributed by atoms with Gasteiger partial charge in [0.2, 0.25) is 12.9 Å². The second-order valence-electron chi connectivity index (χ2n) is 7.19. The van der Waals surface area contributed by atoms with Crippen molar-refractivity contribution in [2.75, 3.05) is 13.4 Å². The summed E-state index contributed by atoms with van der Waals surface area (Å²) in [6, 6.07) is -0.149. The molecule has 1 aromatic rings. The van der Waals surface area contributed by atoms with Gasteiger partial charge in [0.1, 0.15) is 10.6 Å². The number of rotatable bonds is 10. The topological polar surface area (TPSA) is 114 Å². The fourth-order valence-corrected chi connectivity index (χ4v) is 3.63. The van der Waals surface area contributed by atoms with E-state index in [2.05, 4.69) is 14.3 Å². The molecule has 204 valence electrons. The van der Waals surface area contributed by atoms with Crippen LogP contribution in [0.2, 0.25) is 0 Å². The molecule has 0 fully saturated rings. The summed E-state index contributed by atoms with van der Waals surface area (Å²) < 4.78 is 121. The summed E-state index contributed by atoms with van der Waals surface area (Å²) in [5.41, 5.74) is -2.86. The van der Waals surface area contributed by atoms with Crippen molar-refractivity contribution >= 4 is 28.2 Å². The number of carbonyl (C=O) groups excluding carboxylic acids is 2. The van der Waals surface area contributed by atoms with Gasteiger partial charge in [0.05, 0.1) is 12.2 Å². The van der Waals surface area contributed by atoms with Crippen LogP contribution in [-0.2, 0) is 30.3 Å². The maximum atomic E-state index is 13.5. The van der Waals surface area contributed by atoms with E-state index in [4.69, 9.17) is 4.74 Å². The standard InChI is InChI=1S/C18H17F8NO8S/c1-2-10-6-12(36(22,23,24,25)26)7-11-8-13(16(18(19,20)21)35-15(10)11)17(29)33-9-32-14(28)4-3-5-34-27(30)31/h6-8,16H,2-5,9H2,1H3. The SMILES string of the molecule is CCc1cc(S(F)(F)(F)(F)F)cc2c1OC(C(F)(F)F)C(C(=O)OCOC(=O)CCCO[N+](=O)[O-])=C2. The molecule has 1 aromatic carbocycles. The van der Waals surface area contributed by atoms with Crippen molar-refractivity contribution in [1.29, 1.82) is 0 Å². The van der Waals surface area contributed by atoms with Gasteiger partial charge in [0.15, 0.2) is 0 Å². The molecule has 18 heteroatoms. The molecule has 9 nitrogen and oxygen atoms in total. The molecular weight excluding hydrogens is 542 g/mol. The zero-order chi connectivity index (χ0) is 27.6. The van der Waals surface area contributed by atoms with Gasteiger partial charge in [0, 0.05) is 12.0 Å². The van der Waals surface area contributed by atoms with E-state index in [-0.39, 0.29) is 24.6 Å². The van der Waals surface area contributed by atoms with E-state index in [1.165, 1.54) is 6.92 Å². The van der Waals surface area contributed by atoms with Crippen LogP contribution in [0, 0.1) is 10.1 Å².